The Morgan fingerprint density at radius 1 is 1.33 bits per heavy atom. The van der Waals surface area contributed by atoms with Gasteiger partial charge in [-0.15, -0.1) is 0 Å². The van der Waals surface area contributed by atoms with E-state index in [0.29, 0.717) is 12.0 Å². The lowest BCUT2D eigenvalue weighted by molar-refractivity contribution is 0.0981. The minimum absolute atomic E-state index is 0.0202. The van der Waals surface area contributed by atoms with Gasteiger partial charge in [0.2, 0.25) is 0 Å². The highest BCUT2D eigenvalue weighted by Gasteiger charge is 2.12. The topological polar surface area (TPSA) is 51.2 Å². The molecule has 3 nitrogen and oxygen atoms in total. The van der Waals surface area contributed by atoms with Gasteiger partial charge < -0.3 is 0 Å². The SMILES string of the molecule is CCS(=O)(=O)CCCC(=O)c1ccc(C)cc1Br. The van der Waals surface area contributed by atoms with E-state index in [1.54, 1.807) is 13.0 Å². The molecular formula is C13H17BrO3S. The van der Waals surface area contributed by atoms with E-state index in [4.69, 9.17) is 0 Å². The average molecular weight is 333 g/mol. The lowest BCUT2D eigenvalue weighted by Gasteiger charge is -2.05. The maximum absolute atomic E-state index is 11.9. The Morgan fingerprint density at radius 3 is 2.56 bits per heavy atom. The maximum atomic E-state index is 11.9. The van der Waals surface area contributed by atoms with Crippen molar-refractivity contribution in [1.82, 2.24) is 0 Å². The van der Waals surface area contributed by atoms with E-state index in [-0.39, 0.29) is 23.7 Å². The fourth-order valence-corrected chi connectivity index (χ4v) is 3.17. The highest BCUT2D eigenvalue weighted by atomic mass is 79.9. The van der Waals surface area contributed by atoms with Gasteiger partial charge in [0.15, 0.2) is 5.78 Å². The number of carbonyl (C=O) groups is 1. The van der Waals surface area contributed by atoms with Crippen molar-refractivity contribution >= 4 is 31.6 Å². The summed E-state index contributed by atoms with van der Waals surface area (Å²) in [5, 5.41) is 0. The van der Waals surface area contributed by atoms with E-state index in [9.17, 15) is 13.2 Å². The number of hydrogen-bond donors (Lipinski definition) is 0. The lowest BCUT2D eigenvalue weighted by atomic mass is 10.1. The molecule has 100 valence electrons. The first-order valence-corrected chi connectivity index (χ1v) is 8.47. The van der Waals surface area contributed by atoms with Gasteiger partial charge in [-0.25, -0.2) is 8.42 Å². The summed E-state index contributed by atoms with van der Waals surface area (Å²) < 4.78 is 23.4. The molecule has 0 aliphatic carbocycles. The number of sulfone groups is 1. The third-order valence-electron chi connectivity index (χ3n) is 2.72. The zero-order valence-electron chi connectivity index (χ0n) is 10.6. The number of hydrogen-bond acceptors (Lipinski definition) is 3. The lowest BCUT2D eigenvalue weighted by Crippen LogP contribution is -2.10. The number of ketones is 1. The van der Waals surface area contributed by atoms with E-state index in [2.05, 4.69) is 15.9 Å². The van der Waals surface area contributed by atoms with E-state index >= 15 is 0 Å². The second-order valence-electron chi connectivity index (χ2n) is 4.25. The molecule has 1 rings (SSSR count). The van der Waals surface area contributed by atoms with Crippen molar-refractivity contribution < 1.29 is 13.2 Å². The summed E-state index contributed by atoms with van der Waals surface area (Å²) in [5.74, 6) is 0.196. The Labute approximate surface area is 117 Å². The van der Waals surface area contributed by atoms with Crippen LogP contribution in [0.5, 0.6) is 0 Å². The molecule has 0 heterocycles. The minimum Gasteiger partial charge on any atom is -0.294 e. The molecule has 0 N–H and O–H groups in total. The zero-order chi connectivity index (χ0) is 13.8. The summed E-state index contributed by atoms with van der Waals surface area (Å²) >= 11 is 3.35. The third kappa shape index (κ3) is 4.53. The Morgan fingerprint density at radius 2 is 2.00 bits per heavy atom. The average Bonchev–Trinajstić information content (AvgIpc) is 2.28. The van der Waals surface area contributed by atoms with Gasteiger partial charge in [-0.1, -0.05) is 35.0 Å². The van der Waals surface area contributed by atoms with Gasteiger partial charge in [0.25, 0.3) is 0 Å². The Kier molecular flexibility index (Phi) is 5.53. The van der Waals surface area contributed by atoms with Crippen LogP contribution in [-0.2, 0) is 9.84 Å². The number of aryl methyl sites for hydroxylation is 1. The van der Waals surface area contributed by atoms with Crippen molar-refractivity contribution in [3.05, 3.63) is 33.8 Å². The molecule has 0 bridgehead atoms. The standard InChI is InChI=1S/C13H17BrO3S/c1-3-18(16,17)8-4-5-13(15)11-7-6-10(2)9-12(11)14/h6-7,9H,3-5,8H2,1-2H3. The molecule has 0 amide bonds. The van der Waals surface area contributed by atoms with Gasteiger partial charge in [0.05, 0.1) is 5.75 Å². The highest BCUT2D eigenvalue weighted by molar-refractivity contribution is 9.10. The van der Waals surface area contributed by atoms with Crippen molar-refractivity contribution in [3.8, 4) is 0 Å². The molecule has 0 aromatic heterocycles. The summed E-state index contributed by atoms with van der Waals surface area (Å²) in [7, 11) is -2.98. The van der Waals surface area contributed by atoms with Crippen LogP contribution in [0.4, 0.5) is 0 Å². The van der Waals surface area contributed by atoms with Gasteiger partial charge in [-0.3, -0.25) is 4.79 Å². The van der Waals surface area contributed by atoms with Gasteiger partial charge in [0, 0.05) is 22.2 Å². The molecule has 0 aliphatic heterocycles. The quantitative estimate of drug-likeness (QED) is 0.752. The van der Waals surface area contributed by atoms with Gasteiger partial charge in [-0.2, -0.15) is 0 Å². The van der Waals surface area contributed by atoms with Crippen molar-refractivity contribution in [3.63, 3.8) is 0 Å². The number of carbonyl (C=O) groups excluding carboxylic acids is 1. The van der Waals surface area contributed by atoms with Crippen LogP contribution in [0.2, 0.25) is 0 Å². The van der Waals surface area contributed by atoms with Crippen LogP contribution in [0.15, 0.2) is 22.7 Å². The van der Waals surface area contributed by atoms with Crippen LogP contribution in [-0.4, -0.2) is 25.7 Å². The molecule has 0 spiro atoms. The minimum atomic E-state index is -2.98. The third-order valence-corrected chi connectivity index (χ3v) is 5.17. The van der Waals surface area contributed by atoms with E-state index in [1.165, 1.54) is 0 Å². The van der Waals surface area contributed by atoms with E-state index < -0.39 is 9.84 Å². The first kappa shape index (κ1) is 15.4. The number of halogens is 1. The molecule has 0 aliphatic rings. The fraction of sp³-hybridized carbons (Fsp3) is 0.462. The second-order valence-corrected chi connectivity index (χ2v) is 7.57. The molecular weight excluding hydrogens is 316 g/mol. The van der Waals surface area contributed by atoms with Crippen LogP contribution in [0, 0.1) is 6.92 Å². The molecule has 18 heavy (non-hydrogen) atoms. The van der Waals surface area contributed by atoms with E-state index in [0.717, 1.165) is 10.0 Å². The predicted molar refractivity (Wildman–Crippen MR) is 76.8 cm³/mol. The van der Waals surface area contributed by atoms with Crippen LogP contribution < -0.4 is 0 Å². The summed E-state index contributed by atoms with van der Waals surface area (Å²) in [6, 6.07) is 5.53. The van der Waals surface area contributed by atoms with Crippen molar-refractivity contribution in [2.24, 2.45) is 0 Å². The molecule has 0 saturated carbocycles. The van der Waals surface area contributed by atoms with Crippen LogP contribution in [0.25, 0.3) is 0 Å². The molecule has 0 fully saturated rings. The Bertz CT molecular complexity index is 535. The highest BCUT2D eigenvalue weighted by Crippen LogP contribution is 2.20. The number of rotatable bonds is 6. The predicted octanol–water partition coefficient (Wildman–Crippen LogP) is 3.16. The van der Waals surface area contributed by atoms with Crippen molar-refractivity contribution in [1.29, 1.82) is 0 Å². The van der Waals surface area contributed by atoms with Gasteiger partial charge in [0.1, 0.15) is 9.84 Å². The summed E-state index contributed by atoms with van der Waals surface area (Å²) in [4.78, 5) is 11.9. The number of Topliss-reactive ketones (excluding diaryl/α,β-unsaturated/α-hetero) is 1. The molecule has 1 aromatic carbocycles. The summed E-state index contributed by atoms with van der Waals surface area (Å²) in [6.45, 7) is 3.57. The fourth-order valence-electron chi connectivity index (χ4n) is 1.58. The maximum Gasteiger partial charge on any atom is 0.164 e. The largest absolute Gasteiger partial charge is 0.294 e. The molecule has 1 aromatic rings. The van der Waals surface area contributed by atoms with Gasteiger partial charge >= 0.3 is 0 Å². The Balaban J connectivity index is 2.61. The van der Waals surface area contributed by atoms with Crippen molar-refractivity contribution in [2.45, 2.75) is 26.7 Å². The van der Waals surface area contributed by atoms with Gasteiger partial charge in [-0.05, 0) is 25.0 Å². The zero-order valence-corrected chi connectivity index (χ0v) is 13.0. The van der Waals surface area contributed by atoms with Crippen molar-refractivity contribution in [2.75, 3.05) is 11.5 Å². The molecule has 5 heteroatoms. The van der Waals surface area contributed by atoms with E-state index in [1.807, 2.05) is 19.1 Å². The molecule has 0 unspecified atom stereocenters. The van der Waals surface area contributed by atoms with Crippen LogP contribution in [0.1, 0.15) is 35.7 Å². The number of benzene rings is 1. The monoisotopic (exact) mass is 332 g/mol. The molecule has 0 radical (unpaired) electrons. The normalized spacial score (nSPS) is 11.5. The van der Waals surface area contributed by atoms with Crippen LogP contribution in [0.3, 0.4) is 0 Å². The molecule has 0 saturated heterocycles. The van der Waals surface area contributed by atoms with Crippen LogP contribution >= 0.6 is 15.9 Å². The second kappa shape index (κ2) is 6.48. The first-order valence-electron chi connectivity index (χ1n) is 5.85. The first-order chi connectivity index (χ1) is 8.35. The molecule has 0 atom stereocenters. The summed E-state index contributed by atoms with van der Waals surface area (Å²) in [6.07, 6.45) is 0.649. The Hall–Kier alpha value is -0.680. The summed E-state index contributed by atoms with van der Waals surface area (Å²) in [5.41, 5.74) is 1.70. The smallest absolute Gasteiger partial charge is 0.164 e.